The number of aromatic nitrogens is 2. The van der Waals surface area contributed by atoms with Crippen molar-refractivity contribution in [1.82, 2.24) is 9.55 Å². The minimum atomic E-state index is -4.90. The fourth-order valence-electron chi connectivity index (χ4n) is 2.53. The maximum absolute atomic E-state index is 13.8. The monoisotopic (exact) mass is 356 g/mol. The first-order valence-electron chi connectivity index (χ1n) is 6.95. The largest absolute Gasteiger partial charge is 0.419 e. The molecule has 0 saturated heterocycles. The van der Waals surface area contributed by atoms with Crippen LogP contribution in [-0.2, 0) is 12.7 Å². The number of benzene rings is 2. The van der Waals surface area contributed by atoms with Gasteiger partial charge in [-0.25, -0.2) is 13.6 Å². The number of aromatic amines is 1. The van der Waals surface area contributed by atoms with Gasteiger partial charge < -0.3 is 0 Å². The first kappa shape index (κ1) is 16.9. The van der Waals surface area contributed by atoms with Crippen molar-refractivity contribution in [2.24, 2.45) is 0 Å². The summed E-state index contributed by atoms with van der Waals surface area (Å²) in [7, 11) is 0. The second kappa shape index (κ2) is 5.83. The molecule has 0 amide bonds. The Bertz CT molecular complexity index is 1080. The first-order chi connectivity index (χ1) is 11.7. The highest BCUT2D eigenvalue weighted by Gasteiger charge is 2.34. The number of H-pyrrole nitrogens is 1. The van der Waals surface area contributed by atoms with E-state index in [0.29, 0.717) is 12.1 Å². The molecule has 0 spiro atoms. The normalized spacial score (nSPS) is 11.9. The van der Waals surface area contributed by atoms with Gasteiger partial charge in [0.05, 0.1) is 23.0 Å². The maximum Gasteiger partial charge on any atom is 0.419 e. The molecule has 1 N–H and O–H groups in total. The number of alkyl halides is 3. The second-order valence-corrected chi connectivity index (χ2v) is 5.29. The second-order valence-electron chi connectivity index (χ2n) is 5.29. The molecule has 1 heterocycles. The topological polar surface area (TPSA) is 54.9 Å². The average molecular weight is 356 g/mol. The van der Waals surface area contributed by atoms with E-state index < -0.39 is 41.2 Å². The van der Waals surface area contributed by atoms with Crippen LogP contribution >= 0.6 is 0 Å². The number of hydrogen-bond donors (Lipinski definition) is 1. The van der Waals surface area contributed by atoms with Crippen LogP contribution in [0.25, 0.3) is 10.9 Å². The molecule has 0 fully saturated rings. The maximum atomic E-state index is 13.8. The van der Waals surface area contributed by atoms with Crippen molar-refractivity contribution < 1.29 is 22.0 Å². The summed E-state index contributed by atoms with van der Waals surface area (Å²) in [5.74, 6) is -2.32. The van der Waals surface area contributed by atoms with E-state index in [1.54, 1.807) is 0 Å². The Morgan fingerprint density at radius 1 is 1.00 bits per heavy atom. The van der Waals surface area contributed by atoms with Gasteiger partial charge in [-0.15, -0.1) is 0 Å². The minimum Gasteiger partial charge on any atom is -0.289 e. The smallest absolute Gasteiger partial charge is 0.289 e. The summed E-state index contributed by atoms with van der Waals surface area (Å²) < 4.78 is 66.5. The van der Waals surface area contributed by atoms with Crippen LogP contribution in [0.3, 0.4) is 0 Å². The van der Waals surface area contributed by atoms with Crippen LogP contribution in [0.4, 0.5) is 22.0 Å². The molecule has 0 radical (unpaired) electrons. The zero-order valence-electron chi connectivity index (χ0n) is 12.3. The molecule has 130 valence electrons. The van der Waals surface area contributed by atoms with Crippen molar-refractivity contribution in [1.29, 1.82) is 0 Å². The van der Waals surface area contributed by atoms with Gasteiger partial charge in [0, 0.05) is 0 Å². The van der Waals surface area contributed by atoms with E-state index in [2.05, 4.69) is 0 Å². The number of nitrogens with zero attached hydrogens (tertiary/aromatic N) is 1. The van der Waals surface area contributed by atoms with Gasteiger partial charge in [-0.3, -0.25) is 14.3 Å². The summed E-state index contributed by atoms with van der Waals surface area (Å²) in [6, 6.07) is 5.86. The summed E-state index contributed by atoms with van der Waals surface area (Å²) in [6.07, 6.45) is -4.90. The van der Waals surface area contributed by atoms with Crippen LogP contribution in [0.15, 0.2) is 46.0 Å². The molecule has 0 aliphatic rings. The lowest BCUT2D eigenvalue weighted by Crippen LogP contribution is -2.31. The van der Waals surface area contributed by atoms with Crippen molar-refractivity contribution in [3.8, 4) is 0 Å². The molecule has 9 heteroatoms. The minimum absolute atomic E-state index is 0.0339. The molecule has 4 nitrogen and oxygen atoms in total. The summed E-state index contributed by atoms with van der Waals surface area (Å²) in [6.45, 7) is -0.404. The molecule has 25 heavy (non-hydrogen) atoms. The highest BCUT2D eigenvalue weighted by molar-refractivity contribution is 5.78. The quantitative estimate of drug-likeness (QED) is 0.718. The molecule has 0 bridgehead atoms. The molecule has 0 atom stereocenters. The molecule has 0 unspecified atom stereocenters. The standard InChI is InChI=1S/C16H9F5N2O2/c17-10-5-4-8(6-9(10)16(19,20)21)7-23-12-3-1-2-11(18)13(12)14(24)22-15(23)25/h1-6H,7H2,(H,22,24,25). The highest BCUT2D eigenvalue weighted by atomic mass is 19.4. The summed E-state index contributed by atoms with van der Waals surface area (Å²) in [5, 5.41) is -0.389. The van der Waals surface area contributed by atoms with E-state index >= 15 is 0 Å². The fourth-order valence-corrected chi connectivity index (χ4v) is 2.53. The van der Waals surface area contributed by atoms with E-state index in [4.69, 9.17) is 0 Å². The van der Waals surface area contributed by atoms with Gasteiger partial charge >= 0.3 is 11.9 Å². The van der Waals surface area contributed by atoms with E-state index in [-0.39, 0.29) is 16.5 Å². The van der Waals surface area contributed by atoms with Crippen molar-refractivity contribution in [2.45, 2.75) is 12.7 Å². The fraction of sp³-hybridized carbons (Fsp3) is 0.125. The molecule has 1 aromatic heterocycles. The Kier molecular flexibility index (Phi) is 3.94. The molecule has 3 rings (SSSR count). The zero-order chi connectivity index (χ0) is 18.4. The van der Waals surface area contributed by atoms with Crippen LogP contribution in [0.5, 0.6) is 0 Å². The third-order valence-corrected chi connectivity index (χ3v) is 3.65. The van der Waals surface area contributed by atoms with Crippen molar-refractivity contribution in [3.63, 3.8) is 0 Å². The van der Waals surface area contributed by atoms with Gasteiger partial charge in [0.25, 0.3) is 5.56 Å². The van der Waals surface area contributed by atoms with Gasteiger partial charge in [-0.2, -0.15) is 13.2 Å². The van der Waals surface area contributed by atoms with Gasteiger partial charge in [0.15, 0.2) is 0 Å². The SMILES string of the molecule is O=c1[nH]c(=O)n(Cc2ccc(F)c(C(F)(F)F)c2)c2cccc(F)c12. The predicted molar refractivity (Wildman–Crippen MR) is 79.3 cm³/mol. The Morgan fingerprint density at radius 2 is 1.72 bits per heavy atom. The molecular weight excluding hydrogens is 347 g/mol. The third kappa shape index (κ3) is 3.04. The molecule has 3 aromatic rings. The zero-order valence-corrected chi connectivity index (χ0v) is 12.3. The van der Waals surface area contributed by atoms with Crippen molar-refractivity contribution in [3.05, 3.63) is 80.0 Å². The number of hydrogen-bond acceptors (Lipinski definition) is 2. The van der Waals surface area contributed by atoms with Gasteiger partial charge in [0.2, 0.25) is 0 Å². The average Bonchev–Trinajstić information content (AvgIpc) is 2.51. The Balaban J connectivity index is 2.19. The van der Waals surface area contributed by atoms with Crippen molar-refractivity contribution >= 4 is 10.9 Å². The van der Waals surface area contributed by atoms with Gasteiger partial charge in [-0.05, 0) is 29.8 Å². The van der Waals surface area contributed by atoms with E-state index in [9.17, 15) is 31.5 Å². The van der Waals surface area contributed by atoms with Crippen LogP contribution < -0.4 is 11.2 Å². The van der Waals surface area contributed by atoms with E-state index in [1.165, 1.54) is 12.1 Å². The van der Waals surface area contributed by atoms with E-state index in [0.717, 1.165) is 16.7 Å². The Labute approximate surface area is 136 Å². The predicted octanol–water partition coefficient (Wildman–Crippen LogP) is 3.04. The van der Waals surface area contributed by atoms with Crippen LogP contribution in [-0.4, -0.2) is 9.55 Å². The summed E-state index contributed by atoms with van der Waals surface area (Å²) in [4.78, 5) is 25.7. The van der Waals surface area contributed by atoms with Gasteiger partial charge in [-0.1, -0.05) is 12.1 Å². The molecular formula is C16H9F5N2O2. The van der Waals surface area contributed by atoms with Crippen LogP contribution in [0.1, 0.15) is 11.1 Å². The number of halogens is 5. The lowest BCUT2D eigenvalue weighted by Gasteiger charge is -2.13. The Morgan fingerprint density at radius 3 is 2.40 bits per heavy atom. The molecule has 0 aliphatic heterocycles. The van der Waals surface area contributed by atoms with Crippen LogP contribution in [0, 0.1) is 11.6 Å². The summed E-state index contributed by atoms with van der Waals surface area (Å²) >= 11 is 0. The number of rotatable bonds is 2. The lowest BCUT2D eigenvalue weighted by molar-refractivity contribution is -0.140. The van der Waals surface area contributed by atoms with Crippen LogP contribution in [0.2, 0.25) is 0 Å². The number of fused-ring (bicyclic) bond motifs is 1. The van der Waals surface area contributed by atoms with E-state index in [1.807, 2.05) is 4.98 Å². The molecule has 2 aromatic carbocycles. The molecule has 0 saturated carbocycles. The van der Waals surface area contributed by atoms with Crippen molar-refractivity contribution in [2.75, 3.05) is 0 Å². The van der Waals surface area contributed by atoms with Gasteiger partial charge in [0.1, 0.15) is 11.6 Å². The molecule has 0 aliphatic carbocycles. The number of nitrogens with one attached hydrogen (secondary N) is 1. The Hall–Kier alpha value is -2.97. The third-order valence-electron chi connectivity index (χ3n) is 3.65. The highest BCUT2D eigenvalue weighted by Crippen LogP contribution is 2.32. The lowest BCUT2D eigenvalue weighted by atomic mass is 10.1. The first-order valence-corrected chi connectivity index (χ1v) is 6.95. The summed E-state index contributed by atoms with van der Waals surface area (Å²) in [5.41, 5.74) is -3.44.